The Labute approximate surface area is 95.5 Å². The van der Waals surface area contributed by atoms with Crippen LogP contribution in [-0.2, 0) is 0 Å². The summed E-state index contributed by atoms with van der Waals surface area (Å²) in [6.07, 6.45) is 5.30. The van der Waals surface area contributed by atoms with Crippen LogP contribution in [0.5, 0.6) is 0 Å². The molecule has 1 fully saturated rings. The zero-order chi connectivity index (χ0) is 11.6. The Balaban J connectivity index is 1.96. The maximum Gasteiger partial charge on any atom is 0.255 e. The largest absolute Gasteiger partial charge is 0.335 e. The van der Waals surface area contributed by atoms with Gasteiger partial charge in [-0.2, -0.15) is 0 Å². The van der Waals surface area contributed by atoms with E-state index in [0.29, 0.717) is 18.7 Å². The zero-order valence-electron chi connectivity index (χ0n) is 9.52. The van der Waals surface area contributed by atoms with Gasteiger partial charge in [-0.1, -0.05) is 13.3 Å². The van der Waals surface area contributed by atoms with Crippen molar-refractivity contribution >= 4 is 5.91 Å². The number of rotatable bonds is 3. The second-order valence-corrected chi connectivity index (χ2v) is 4.52. The van der Waals surface area contributed by atoms with Crippen LogP contribution in [0.1, 0.15) is 30.1 Å². The predicted molar refractivity (Wildman–Crippen MR) is 62.0 cm³/mol. The molecule has 86 valence electrons. The van der Waals surface area contributed by atoms with Gasteiger partial charge in [-0.05, 0) is 18.6 Å². The van der Waals surface area contributed by atoms with Crippen molar-refractivity contribution in [3.8, 4) is 0 Å². The average molecular weight is 219 g/mol. The molecule has 0 radical (unpaired) electrons. The van der Waals surface area contributed by atoms with Gasteiger partial charge in [-0.25, -0.2) is 0 Å². The fourth-order valence-electron chi connectivity index (χ4n) is 2.19. The van der Waals surface area contributed by atoms with E-state index in [1.165, 1.54) is 0 Å². The highest BCUT2D eigenvalue weighted by Gasteiger charge is 2.41. The smallest absolute Gasteiger partial charge is 0.255 e. The third-order valence-corrected chi connectivity index (χ3v) is 2.96. The Morgan fingerprint density at radius 1 is 1.62 bits per heavy atom. The molecule has 0 atom stereocenters. The Hall–Kier alpha value is -1.42. The van der Waals surface area contributed by atoms with Crippen LogP contribution in [-0.4, -0.2) is 34.4 Å². The van der Waals surface area contributed by atoms with Crippen LogP contribution in [0.2, 0.25) is 0 Å². The van der Waals surface area contributed by atoms with Crippen LogP contribution < -0.4 is 5.73 Å². The van der Waals surface area contributed by atoms with Crippen LogP contribution in [0.3, 0.4) is 0 Å². The highest BCUT2D eigenvalue weighted by atomic mass is 16.2. The van der Waals surface area contributed by atoms with Crippen LogP contribution in [0.4, 0.5) is 0 Å². The molecule has 0 bridgehead atoms. The molecule has 1 aliphatic heterocycles. The van der Waals surface area contributed by atoms with E-state index in [-0.39, 0.29) is 11.4 Å². The van der Waals surface area contributed by atoms with Crippen molar-refractivity contribution in [2.24, 2.45) is 5.73 Å². The van der Waals surface area contributed by atoms with Gasteiger partial charge in [0.25, 0.3) is 5.91 Å². The number of nitrogens with two attached hydrogens (primary N) is 1. The van der Waals surface area contributed by atoms with E-state index >= 15 is 0 Å². The number of nitrogens with zero attached hydrogens (tertiary/aromatic N) is 2. The number of pyridine rings is 1. The third-order valence-electron chi connectivity index (χ3n) is 2.96. The number of aromatic nitrogens is 1. The predicted octanol–water partition coefficient (Wildman–Crippen LogP) is 1.03. The van der Waals surface area contributed by atoms with Crippen molar-refractivity contribution in [3.05, 3.63) is 30.1 Å². The van der Waals surface area contributed by atoms with Crippen LogP contribution in [0, 0.1) is 0 Å². The Morgan fingerprint density at radius 2 is 2.38 bits per heavy atom. The summed E-state index contributed by atoms with van der Waals surface area (Å²) < 4.78 is 0. The summed E-state index contributed by atoms with van der Waals surface area (Å²) in [5.74, 6) is 0.0327. The molecule has 0 saturated carbocycles. The second-order valence-electron chi connectivity index (χ2n) is 4.52. The molecule has 0 spiro atoms. The molecule has 1 saturated heterocycles. The van der Waals surface area contributed by atoms with E-state index in [2.05, 4.69) is 11.9 Å². The third kappa shape index (κ3) is 2.07. The Kier molecular flexibility index (Phi) is 2.92. The van der Waals surface area contributed by atoms with E-state index in [1.54, 1.807) is 29.4 Å². The lowest BCUT2D eigenvalue weighted by Crippen LogP contribution is -2.68. The number of amides is 1. The minimum Gasteiger partial charge on any atom is -0.335 e. The maximum atomic E-state index is 11.9. The summed E-state index contributed by atoms with van der Waals surface area (Å²) in [6.45, 7) is 3.43. The number of hydrogen-bond donors (Lipinski definition) is 1. The lowest BCUT2D eigenvalue weighted by atomic mass is 9.86. The highest BCUT2D eigenvalue weighted by molar-refractivity contribution is 5.94. The van der Waals surface area contributed by atoms with E-state index in [1.807, 2.05) is 0 Å². The normalized spacial score (nSPS) is 18.0. The standard InChI is InChI=1S/C12H17N3O/c1-2-5-12(13)8-15(9-12)11(16)10-4-3-6-14-7-10/h3-4,6-7H,2,5,8-9,13H2,1H3. The molecule has 1 aromatic heterocycles. The van der Waals surface area contributed by atoms with E-state index < -0.39 is 0 Å². The Bertz CT molecular complexity index is 371. The topological polar surface area (TPSA) is 59.2 Å². The molecule has 2 heterocycles. The van der Waals surface area contributed by atoms with E-state index in [9.17, 15) is 4.79 Å². The molecular formula is C12H17N3O. The number of hydrogen-bond acceptors (Lipinski definition) is 3. The van der Waals surface area contributed by atoms with Crippen LogP contribution in [0.25, 0.3) is 0 Å². The highest BCUT2D eigenvalue weighted by Crippen LogP contribution is 2.24. The summed E-state index contributed by atoms with van der Waals surface area (Å²) in [5.41, 5.74) is 6.59. The number of likely N-dealkylation sites (tertiary alicyclic amines) is 1. The van der Waals surface area contributed by atoms with Gasteiger partial charge in [0.15, 0.2) is 0 Å². The average Bonchev–Trinajstić information content (AvgIpc) is 2.26. The van der Waals surface area contributed by atoms with E-state index in [0.717, 1.165) is 12.8 Å². The van der Waals surface area contributed by atoms with Gasteiger partial charge in [0.05, 0.1) is 11.1 Å². The first-order valence-corrected chi connectivity index (χ1v) is 5.63. The van der Waals surface area contributed by atoms with Gasteiger partial charge < -0.3 is 10.6 Å². The van der Waals surface area contributed by atoms with Crippen molar-refractivity contribution < 1.29 is 4.79 Å². The summed E-state index contributed by atoms with van der Waals surface area (Å²) in [4.78, 5) is 17.7. The monoisotopic (exact) mass is 219 g/mol. The first kappa shape index (κ1) is 11.1. The van der Waals surface area contributed by atoms with Gasteiger partial charge in [0, 0.05) is 25.5 Å². The molecule has 1 aliphatic rings. The molecule has 0 unspecified atom stereocenters. The summed E-state index contributed by atoms with van der Waals surface area (Å²) in [6, 6.07) is 3.56. The van der Waals surface area contributed by atoms with Crippen molar-refractivity contribution in [1.82, 2.24) is 9.88 Å². The second kappa shape index (κ2) is 4.22. The van der Waals surface area contributed by atoms with Crippen LogP contribution in [0.15, 0.2) is 24.5 Å². The molecule has 1 amide bonds. The zero-order valence-corrected chi connectivity index (χ0v) is 9.52. The first-order valence-electron chi connectivity index (χ1n) is 5.63. The van der Waals surface area contributed by atoms with Gasteiger partial charge in [-0.3, -0.25) is 9.78 Å². The van der Waals surface area contributed by atoms with Gasteiger partial charge in [-0.15, -0.1) is 0 Å². The van der Waals surface area contributed by atoms with Gasteiger partial charge in [0.2, 0.25) is 0 Å². The molecule has 4 heteroatoms. The van der Waals surface area contributed by atoms with Crippen molar-refractivity contribution in [1.29, 1.82) is 0 Å². The number of carbonyl (C=O) groups excluding carboxylic acids is 1. The van der Waals surface area contributed by atoms with E-state index in [4.69, 9.17) is 5.73 Å². The fraction of sp³-hybridized carbons (Fsp3) is 0.500. The number of carbonyl (C=O) groups is 1. The minimum absolute atomic E-state index is 0.0327. The molecule has 0 aromatic carbocycles. The lowest BCUT2D eigenvalue weighted by molar-refractivity contribution is 0.0386. The molecular weight excluding hydrogens is 202 g/mol. The summed E-state index contributed by atoms with van der Waals surface area (Å²) in [5, 5.41) is 0. The summed E-state index contributed by atoms with van der Waals surface area (Å²) >= 11 is 0. The maximum absolute atomic E-state index is 11.9. The van der Waals surface area contributed by atoms with Crippen molar-refractivity contribution in [3.63, 3.8) is 0 Å². The molecule has 1 aromatic rings. The molecule has 4 nitrogen and oxygen atoms in total. The van der Waals surface area contributed by atoms with Gasteiger partial charge in [0.1, 0.15) is 0 Å². The lowest BCUT2D eigenvalue weighted by Gasteiger charge is -2.47. The molecule has 0 aliphatic carbocycles. The molecule has 2 N–H and O–H groups in total. The Morgan fingerprint density at radius 3 is 2.94 bits per heavy atom. The van der Waals surface area contributed by atoms with Gasteiger partial charge >= 0.3 is 0 Å². The van der Waals surface area contributed by atoms with Crippen molar-refractivity contribution in [2.45, 2.75) is 25.3 Å². The molecule has 2 rings (SSSR count). The summed E-state index contributed by atoms with van der Waals surface area (Å²) in [7, 11) is 0. The molecule has 16 heavy (non-hydrogen) atoms. The van der Waals surface area contributed by atoms with Crippen LogP contribution >= 0.6 is 0 Å². The van der Waals surface area contributed by atoms with Crippen molar-refractivity contribution in [2.75, 3.05) is 13.1 Å². The minimum atomic E-state index is -0.160. The first-order chi connectivity index (χ1) is 7.64. The SMILES string of the molecule is CCCC1(N)CN(C(=O)c2cccnc2)C1. The quantitative estimate of drug-likeness (QED) is 0.826. The fourth-order valence-corrected chi connectivity index (χ4v) is 2.19.